The minimum Gasteiger partial charge on any atom is -0.353 e. The van der Waals surface area contributed by atoms with E-state index in [0.717, 1.165) is 0 Å². The second-order valence-corrected chi connectivity index (χ2v) is 7.84. The van der Waals surface area contributed by atoms with Gasteiger partial charge in [-0.3, -0.25) is 9.78 Å². The van der Waals surface area contributed by atoms with Crippen molar-refractivity contribution in [3.8, 4) is 0 Å². The van der Waals surface area contributed by atoms with Crippen LogP contribution in [0.15, 0.2) is 42.6 Å². The van der Waals surface area contributed by atoms with Gasteiger partial charge in [-0.2, -0.15) is 0 Å². The van der Waals surface area contributed by atoms with Crippen LogP contribution in [0.4, 0.5) is 15.8 Å². The van der Waals surface area contributed by atoms with Crippen molar-refractivity contribution in [2.45, 2.75) is 12.5 Å². The summed E-state index contributed by atoms with van der Waals surface area (Å²) in [5, 5.41) is 5.55. The lowest BCUT2D eigenvalue weighted by molar-refractivity contribution is 0.0936. The van der Waals surface area contributed by atoms with Gasteiger partial charge in [0.25, 0.3) is 5.91 Å². The molecule has 1 aromatic carbocycles. The van der Waals surface area contributed by atoms with Crippen LogP contribution in [-0.2, 0) is 9.84 Å². The third-order valence-corrected chi connectivity index (χ3v) is 5.48. The van der Waals surface area contributed by atoms with Gasteiger partial charge in [-0.15, -0.1) is 0 Å². The molecule has 1 aliphatic heterocycles. The quantitative estimate of drug-likeness (QED) is 0.880. The number of carbonyl (C=O) groups is 1. The van der Waals surface area contributed by atoms with E-state index < -0.39 is 27.6 Å². The van der Waals surface area contributed by atoms with E-state index in [4.69, 9.17) is 0 Å². The van der Waals surface area contributed by atoms with E-state index in [1.807, 2.05) is 0 Å². The molecule has 126 valence electrons. The van der Waals surface area contributed by atoms with Crippen LogP contribution in [-0.4, -0.2) is 36.9 Å². The number of halogens is 1. The number of aromatic nitrogens is 1. The zero-order chi connectivity index (χ0) is 17.2. The topological polar surface area (TPSA) is 88.2 Å². The number of nitrogens with zero attached hydrogens (tertiary/aromatic N) is 1. The highest BCUT2D eigenvalue weighted by Crippen LogP contribution is 2.20. The Labute approximate surface area is 139 Å². The SMILES string of the molecule is O=C(NC1CCS(=O)(=O)C1)c1cc(Nc2ccccc2F)ccn1. The van der Waals surface area contributed by atoms with Crippen molar-refractivity contribution in [3.63, 3.8) is 0 Å². The van der Waals surface area contributed by atoms with Gasteiger partial charge in [0.05, 0.1) is 17.2 Å². The van der Waals surface area contributed by atoms with Crippen molar-refractivity contribution >= 4 is 27.1 Å². The lowest BCUT2D eigenvalue weighted by Crippen LogP contribution is -2.36. The van der Waals surface area contributed by atoms with Crippen LogP contribution in [0, 0.1) is 5.82 Å². The van der Waals surface area contributed by atoms with Gasteiger partial charge in [0, 0.05) is 17.9 Å². The molecule has 1 atom stereocenters. The van der Waals surface area contributed by atoms with Crippen LogP contribution < -0.4 is 10.6 Å². The van der Waals surface area contributed by atoms with Crippen molar-refractivity contribution in [1.82, 2.24) is 10.3 Å². The van der Waals surface area contributed by atoms with Crippen molar-refractivity contribution in [2.24, 2.45) is 0 Å². The number of pyridine rings is 1. The van der Waals surface area contributed by atoms with E-state index in [9.17, 15) is 17.6 Å². The molecule has 1 aliphatic rings. The molecule has 8 heteroatoms. The normalized spacial score (nSPS) is 19.0. The molecular formula is C16H16FN3O3S. The number of nitrogens with one attached hydrogen (secondary N) is 2. The zero-order valence-electron chi connectivity index (χ0n) is 12.7. The van der Waals surface area contributed by atoms with Crippen molar-refractivity contribution in [3.05, 3.63) is 54.1 Å². The molecule has 1 saturated heterocycles. The number of sulfone groups is 1. The lowest BCUT2D eigenvalue weighted by Gasteiger charge is -2.12. The highest BCUT2D eigenvalue weighted by Gasteiger charge is 2.29. The van der Waals surface area contributed by atoms with Crippen LogP contribution in [0.2, 0.25) is 0 Å². The second-order valence-electron chi connectivity index (χ2n) is 5.61. The summed E-state index contributed by atoms with van der Waals surface area (Å²) < 4.78 is 36.5. The number of hydrogen-bond donors (Lipinski definition) is 2. The number of anilines is 2. The Kier molecular flexibility index (Phi) is 4.48. The summed E-state index contributed by atoms with van der Waals surface area (Å²) in [6.45, 7) is 0. The van der Waals surface area contributed by atoms with Gasteiger partial charge in [0.2, 0.25) is 0 Å². The Balaban J connectivity index is 1.71. The molecule has 1 aromatic heterocycles. The van der Waals surface area contributed by atoms with Crippen LogP contribution in [0.3, 0.4) is 0 Å². The maximum absolute atomic E-state index is 13.7. The fourth-order valence-corrected chi connectivity index (χ4v) is 4.19. The summed E-state index contributed by atoms with van der Waals surface area (Å²) in [7, 11) is -3.07. The molecular weight excluding hydrogens is 333 g/mol. The molecule has 0 spiro atoms. The molecule has 2 aromatic rings. The first-order valence-corrected chi connectivity index (χ1v) is 9.24. The second kappa shape index (κ2) is 6.56. The van der Waals surface area contributed by atoms with Gasteiger partial charge in [-0.25, -0.2) is 12.8 Å². The molecule has 3 rings (SSSR count). The number of amides is 1. The predicted octanol–water partition coefficient (Wildman–Crippen LogP) is 1.88. The van der Waals surface area contributed by atoms with Crippen LogP contribution in [0.5, 0.6) is 0 Å². The monoisotopic (exact) mass is 349 g/mol. The molecule has 0 bridgehead atoms. The molecule has 1 unspecified atom stereocenters. The van der Waals surface area contributed by atoms with Crippen molar-refractivity contribution in [2.75, 3.05) is 16.8 Å². The molecule has 6 nitrogen and oxygen atoms in total. The van der Waals surface area contributed by atoms with Crippen LogP contribution >= 0.6 is 0 Å². The highest BCUT2D eigenvalue weighted by molar-refractivity contribution is 7.91. The molecule has 1 fully saturated rings. The van der Waals surface area contributed by atoms with E-state index >= 15 is 0 Å². The predicted molar refractivity (Wildman–Crippen MR) is 88.4 cm³/mol. The van der Waals surface area contributed by atoms with E-state index in [0.29, 0.717) is 12.1 Å². The summed E-state index contributed by atoms with van der Waals surface area (Å²) in [6, 6.07) is 8.90. The Morgan fingerprint density at radius 1 is 1.25 bits per heavy atom. The molecule has 0 saturated carbocycles. The summed E-state index contributed by atoms with van der Waals surface area (Å²) in [5.74, 6) is -0.822. The van der Waals surface area contributed by atoms with E-state index in [1.165, 1.54) is 18.3 Å². The first-order valence-electron chi connectivity index (χ1n) is 7.42. The molecule has 2 N–H and O–H groups in total. The smallest absolute Gasteiger partial charge is 0.270 e. The number of benzene rings is 1. The van der Waals surface area contributed by atoms with E-state index in [2.05, 4.69) is 15.6 Å². The van der Waals surface area contributed by atoms with Gasteiger partial charge in [0.15, 0.2) is 9.84 Å². The lowest BCUT2D eigenvalue weighted by atomic mass is 10.2. The number of carbonyl (C=O) groups excluding carboxylic acids is 1. The Morgan fingerprint density at radius 2 is 2.04 bits per heavy atom. The van der Waals surface area contributed by atoms with Gasteiger partial charge in [-0.1, -0.05) is 12.1 Å². The molecule has 0 radical (unpaired) electrons. The number of hydrogen-bond acceptors (Lipinski definition) is 5. The van der Waals surface area contributed by atoms with Crippen LogP contribution in [0.1, 0.15) is 16.9 Å². The largest absolute Gasteiger partial charge is 0.353 e. The van der Waals surface area contributed by atoms with Crippen molar-refractivity contribution in [1.29, 1.82) is 0 Å². The maximum atomic E-state index is 13.7. The fraction of sp³-hybridized carbons (Fsp3) is 0.250. The van der Waals surface area contributed by atoms with Crippen molar-refractivity contribution < 1.29 is 17.6 Å². The fourth-order valence-electron chi connectivity index (χ4n) is 2.52. The summed E-state index contributed by atoms with van der Waals surface area (Å²) >= 11 is 0. The minimum absolute atomic E-state index is 0.0497. The van der Waals surface area contributed by atoms with Gasteiger partial charge in [-0.05, 0) is 30.7 Å². The molecule has 2 heterocycles. The Morgan fingerprint density at radius 3 is 2.75 bits per heavy atom. The van der Waals surface area contributed by atoms with Gasteiger partial charge in [0.1, 0.15) is 11.5 Å². The standard InChI is InChI=1S/C16H16FN3O3S/c17-13-3-1-2-4-14(13)19-11-5-7-18-15(9-11)16(21)20-12-6-8-24(22,23)10-12/h1-5,7,9,12H,6,8,10H2,(H,18,19)(H,20,21). The first kappa shape index (κ1) is 16.4. The van der Waals surface area contributed by atoms with E-state index in [-0.39, 0.29) is 22.9 Å². The summed E-state index contributed by atoms with van der Waals surface area (Å²) in [5.41, 5.74) is 0.942. The number of rotatable bonds is 4. The summed E-state index contributed by atoms with van der Waals surface area (Å²) in [4.78, 5) is 16.2. The average molecular weight is 349 g/mol. The van der Waals surface area contributed by atoms with Gasteiger partial charge < -0.3 is 10.6 Å². The molecule has 1 amide bonds. The Bertz CT molecular complexity index is 870. The number of para-hydroxylation sites is 1. The molecule has 0 aliphatic carbocycles. The highest BCUT2D eigenvalue weighted by atomic mass is 32.2. The zero-order valence-corrected chi connectivity index (χ0v) is 13.5. The summed E-state index contributed by atoms with van der Waals surface area (Å²) in [6.07, 6.45) is 1.84. The maximum Gasteiger partial charge on any atom is 0.270 e. The first-order chi connectivity index (χ1) is 11.4. The van der Waals surface area contributed by atoms with Crippen LogP contribution in [0.25, 0.3) is 0 Å². The average Bonchev–Trinajstić information content (AvgIpc) is 2.88. The Hall–Kier alpha value is -2.48. The third kappa shape index (κ3) is 3.88. The minimum atomic E-state index is -3.07. The molecule has 24 heavy (non-hydrogen) atoms. The third-order valence-electron chi connectivity index (χ3n) is 3.71. The van der Waals surface area contributed by atoms with E-state index in [1.54, 1.807) is 24.3 Å². The van der Waals surface area contributed by atoms with Gasteiger partial charge >= 0.3 is 0 Å².